The average Bonchev–Trinajstić information content (AvgIpc) is 3.20. The van der Waals surface area contributed by atoms with Gasteiger partial charge in [-0.1, -0.05) is 24.3 Å². The molecule has 0 fully saturated rings. The van der Waals surface area contributed by atoms with Gasteiger partial charge < -0.3 is 9.64 Å². The van der Waals surface area contributed by atoms with Crippen LogP contribution in [0.4, 0.5) is 24.1 Å². The Hall–Kier alpha value is -3.47. The second-order valence-electron chi connectivity index (χ2n) is 7.11. The van der Waals surface area contributed by atoms with Crippen LogP contribution in [0.15, 0.2) is 46.9 Å². The molecule has 0 bridgehead atoms. The van der Waals surface area contributed by atoms with Crippen molar-refractivity contribution < 1.29 is 22.7 Å². The zero-order valence-electron chi connectivity index (χ0n) is 18.2. The number of pyridine rings is 1. The van der Waals surface area contributed by atoms with Crippen molar-refractivity contribution in [2.75, 3.05) is 31.0 Å². The number of ether oxygens (including phenoxy) is 1. The fourth-order valence-electron chi connectivity index (χ4n) is 2.76. The Bertz CT molecular complexity index is 1130. The van der Waals surface area contributed by atoms with Crippen molar-refractivity contribution in [3.63, 3.8) is 0 Å². The van der Waals surface area contributed by atoms with E-state index in [1.165, 1.54) is 16.2 Å². The van der Waals surface area contributed by atoms with Crippen LogP contribution in [0, 0.1) is 0 Å². The van der Waals surface area contributed by atoms with Gasteiger partial charge in [0.1, 0.15) is 5.82 Å². The fourth-order valence-corrected chi connectivity index (χ4v) is 3.42. The first-order chi connectivity index (χ1) is 15.7. The lowest BCUT2D eigenvalue weighted by Gasteiger charge is -2.16. The number of hydrogen-bond donors (Lipinski definition) is 1. The number of benzene rings is 1. The molecule has 0 aliphatic heterocycles. The van der Waals surface area contributed by atoms with Gasteiger partial charge in [-0.3, -0.25) is 10.2 Å². The molecule has 3 rings (SSSR count). The van der Waals surface area contributed by atoms with Gasteiger partial charge in [-0.15, -0.1) is 11.3 Å². The summed E-state index contributed by atoms with van der Waals surface area (Å²) in [6, 6.07) is 8.88. The second-order valence-corrected chi connectivity index (χ2v) is 7.97. The van der Waals surface area contributed by atoms with E-state index in [0.29, 0.717) is 23.0 Å². The average molecular weight is 478 g/mol. The molecule has 0 radical (unpaired) electrons. The molecule has 2 heterocycles. The first kappa shape index (κ1) is 24.2. The zero-order valence-corrected chi connectivity index (χ0v) is 19.0. The predicted molar refractivity (Wildman–Crippen MR) is 123 cm³/mol. The monoisotopic (exact) mass is 477 g/mol. The molecule has 1 aromatic carbocycles. The Morgan fingerprint density at radius 1 is 1.21 bits per heavy atom. The van der Waals surface area contributed by atoms with Gasteiger partial charge in [0, 0.05) is 25.0 Å². The Morgan fingerprint density at radius 3 is 2.58 bits per heavy atom. The van der Waals surface area contributed by atoms with Crippen LogP contribution in [-0.4, -0.2) is 42.9 Å². The quantitative estimate of drug-likeness (QED) is 0.284. The van der Waals surface area contributed by atoms with Crippen LogP contribution in [-0.2, 0) is 22.1 Å². The largest absolute Gasteiger partial charge is 0.466 e. The molecule has 174 valence electrons. The van der Waals surface area contributed by atoms with Crippen LogP contribution in [0.3, 0.4) is 0 Å². The maximum Gasteiger partial charge on any atom is 0.416 e. The first-order valence-electron chi connectivity index (χ1n) is 9.92. The van der Waals surface area contributed by atoms with Crippen molar-refractivity contribution >= 4 is 34.5 Å². The Morgan fingerprint density at radius 2 is 1.94 bits per heavy atom. The van der Waals surface area contributed by atoms with Crippen molar-refractivity contribution in [2.24, 2.45) is 5.10 Å². The van der Waals surface area contributed by atoms with Crippen molar-refractivity contribution in [3.05, 3.63) is 58.6 Å². The number of hydrogen-bond acceptors (Lipinski definition) is 8. The number of thiazole rings is 1. The highest BCUT2D eigenvalue weighted by atomic mass is 32.1. The van der Waals surface area contributed by atoms with E-state index in [9.17, 15) is 18.0 Å². The number of alkyl halides is 3. The van der Waals surface area contributed by atoms with E-state index in [-0.39, 0.29) is 23.9 Å². The van der Waals surface area contributed by atoms with Crippen LogP contribution in [0.2, 0.25) is 0 Å². The molecule has 0 saturated carbocycles. The van der Waals surface area contributed by atoms with E-state index in [0.717, 1.165) is 17.7 Å². The molecule has 0 atom stereocenters. The topological polar surface area (TPSA) is 79.7 Å². The highest BCUT2D eigenvalue weighted by Gasteiger charge is 2.32. The summed E-state index contributed by atoms with van der Waals surface area (Å²) in [6.07, 6.45) is -2.82. The van der Waals surface area contributed by atoms with Crippen molar-refractivity contribution in [2.45, 2.75) is 19.5 Å². The van der Waals surface area contributed by atoms with Gasteiger partial charge in [-0.25, -0.2) is 9.97 Å². The SMILES string of the molecule is CCOC(=O)Cc1csc(NN=Cc2ccc(-c3cc(C(F)(F)F)cc(N(C)C)n3)cc2)n1. The maximum absolute atomic E-state index is 13.3. The third-order valence-electron chi connectivity index (χ3n) is 4.36. The summed E-state index contributed by atoms with van der Waals surface area (Å²) in [5.41, 5.74) is 4.14. The minimum absolute atomic E-state index is 0.0936. The first-order valence-corrected chi connectivity index (χ1v) is 10.8. The molecule has 3 aromatic rings. The van der Waals surface area contributed by atoms with E-state index in [1.807, 2.05) is 0 Å². The maximum atomic E-state index is 13.3. The number of aromatic nitrogens is 2. The molecule has 0 aliphatic rings. The minimum Gasteiger partial charge on any atom is -0.466 e. The number of rotatable bonds is 8. The van der Waals surface area contributed by atoms with Crippen molar-refractivity contribution in [1.82, 2.24) is 9.97 Å². The lowest BCUT2D eigenvalue weighted by Crippen LogP contribution is -2.14. The van der Waals surface area contributed by atoms with Crippen molar-refractivity contribution in [1.29, 1.82) is 0 Å². The third-order valence-corrected chi connectivity index (χ3v) is 5.16. The molecule has 0 amide bonds. The van der Waals surface area contributed by atoms with E-state index in [1.54, 1.807) is 56.9 Å². The van der Waals surface area contributed by atoms with Gasteiger partial charge in [0.2, 0.25) is 5.13 Å². The molecule has 0 saturated heterocycles. The van der Waals surface area contributed by atoms with Crippen LogP contribution in [0.5, 0.6) is 0 Å². The number of esters is 1. The molecule has 33 heavy (non-hydrogen) atoms. The highest BCUT2D eigenvalue weighted by molar-refractivity contribution is 7.13. The van der Waals surface area contributed by atoms with Gasteiger partial charge in [0.05, 0.1) is 36.2 Å². The molecule has 0 spiro atoms. The van der Waals surface area contributed by atoms with Crippen molar-refractivity contribution in [3.8, 4) is 11.3 Å². The Kier molecular flexibility index (Phi) is 7.64. The fraction of sp³-hybridized carbons (Fsp3) is 0.273. The van der Waals surface area contributed by atoms with Crippen LogP contribution >= 0.6 is 11.3 Å². The molecule has 7 nitrogen and oxygen atoms in total. The summed E-state index contributed by atoms with van der Waals surface area (Å²) in [7, 11) is 3.28. The zero-order chi connectivity index (χ0) is 24.0. The molecule has 2 aromatic heterocycles. The number of hydrazone groups is 1. The van der Waals surface area contributed by atoms with Gasteiger partial charge in [-0.05, 0) is 24.6 Å². The highest BCUT2D eigenvalue weighted by Crippen LogP contribution is 2.33. The summed E-state index contributed by atoms with van der Waals surface area (Å²) in [4.78, 5) is 21.6. The van der Waals surface area contributed by atoms with Crippen LogP contribution in [0.1, 0.15) is 23.7 Å². The Labute approximate surface area is 192 Å². The summed E-state index contributed by atoms with van der Waals surface area (Å²) < 4.78 is 44.7. The number of anilines is 2. The summed E-state index contributed by atoms with van der Waals surface area (Å²) in [6.45, 7) is 2.06. The van der Waals surface area contributed by atoms with E-state index in [4.69, 9.17) is 4.74 Å². The number of halogens is 3. The Balaban J connectivity index is 1.68. The molecular formula is C22H22F3N5O2S. The second kappa shape index (κ2) is 10.4. The van der Waals surface area contributed by atoms with Gasteiger partial charge >= 0.3 is 12.1 Å². The summed E-state index contributed by atoms with van der Waals surface area (Å²) >= 11 is 1.30. The lowest BCUT2D eigenvalue weighted by atomic mass is 10.1. The summed E-state index contributed by atoms with van der Waals surface area (Å²) in [5, 5.41) is 6.38. The molecule has 0 aliphatic carbocycles. The number of carbonyl (C=O) groups is 1. The number of nitrogens with zero attached hydrogens (tertiary/aromatic N) is 4. The molecule has 0 unspecified atom stereocenters. The number of nitrogens with one attached hydrogen (secondary N) is 1. The third kappa shape index (κ3) is 6.75. The van der Waals surface area contributed by atoms with Gasteiger partial charge in [-0.2, -0.15) is 18.3 Å². The molecular weight excluding hydrogens is 455 g/mol. The lowest BCUT2D eigenvalue weighted by molar-refractivity contribution is -0.142. The van der Waals surface area contributed by atoms with E-state index < -0.39 is 11.7 Å². The minimum atomic E-state index is -4.47. The predicted octanol–water partition coefficient (Wildman–Crippen LogP) is 4.84. The smallest absolute Gasteiger partial charge is 0.416 e. The molecule has 11 heteroatoms. The standard InChI is InChI=1S/C22H22F3N5O2S/c1-4-32-20(31)11-17-13-33-21(27-17)29-26-12-14-5-7-15(8-6-14)18-9-16(22(23,24)25)10-19(28-18)30(2)3/h5-10,12-13H,4,11H2,1-3H3,(H,27,29). The van der Waals surface area contributed by atoms with E-state index >= 15 is 0 Å². The summed E-state index contributed by atoms with van der Waals surface area (Å²) in [5.74, 6) is -0.119. The van der Waals surface area contributed by atoms with Gasteiger partial charge in [0.25, 0.3) is 0 Å². The van der Waals surface area contributed by atoms with Crippen LogP contribution < -0.4 is 10.3 Å². The molecule has 1 N–H and O–H groups in total. The van der Waals surface area contributed by atoms with Gasteiger partial charge in [0.15, 0.2) is 0 Å². The number of carbonyl (C=O) groups excluding carboxylic acids is 1. The van der Waals surface area contributed by atoms with Crippen LogP contribution in [0.25, 0.3) is 11.3 Å². The van der Waals surface area contributed by atoms with E-state index in [2.05, 4.69) is 20.5 Å². The normalized spacial score (nSPS) is 11.6.